The molecule has 4 rings (SSSR count). The normalized spacial score (nSPS) is 13.4. The summed E-state index contributed by atoms with van der Waals surface area (Å²) in [5.74, 6) is -0.927. The molecule has 3 aromatic rings. The van der Waals surface area contributed by atoms with Crippen LogP contribution in [0.25, 0.3) is 11.0 Å². The van der Waals surface area contributed by atoms with Gasteiger partial charge in [-0.25, -0.2) is 9.78 Å². The summed E-state index contributed by atoms with van der Waals surface area (Å²) in [6.07, 6.45) is 1.84. The number of amides is 2. The average molecular weight is 456 g/mol. The van der Waals surface area contributed by atoms with Crippen LogP contribution in [0.3, 0.4) is 0 Å². The summed E-state index contributed by atoms with van der Waals surface area (Å²) >= 11 is 5.83. The first-order valence-electron chi connectivity index (χ1n) is 10.3. The van der Waals surface area contributed by atoms with Crippen LogP contribution in [0.1, 0.15) is 59.0 Å². The zero-order chi connectivity index (χ0) is 23.0. The lowest BCUT2D eigenvalue weighted by atomic mass is 10.1. The minimum Gasteiger partial charge on any atom is -0.277 e. The van der Waals surface area contributed by atoms with Gasteiger partial charge in [-0.2, -0.15) is 0 Å². The summed E-state index contributed by atoms with van der Waals surface area (Å²) < 4.78 is 1.39. The quantitative estimate of drug-likeness (QED) is 0.509. The molecule has 9 nitrogen and oxygen atoms in total. The van der Waals surface area contributed by atoms with Crippen LogP contribution in [-0.2, 0) is 6.54 Å². The zero-order valence-electron chi connectivity index (χ0n) is 17.6. The van der Waals surface area contributed by atoms with Gasteiger partial charge in [0.05, 0.1) is 10.9 Å². The number of fused-ring (bicyclic) bond motifs is 1. The van der Waals surface area contributed by atoms with E-state index in [2.05, 4.69) is 20.8 Å². The van der Waals surface area contributed by atoms with Crippen LogP contribution in [0.4, 0.5) is 0 Å². The number of carbonyl (C=O) groups excluding carboxylic acids is 2. The van der Waals surface area contributed by atoms with Gasteiger partial charge in [-0.05, 0) is 49.1 Å². The number of halogens is 1. The third-order valence-corrected chi connectivity index (χ3v) is 5.40. The highest BCUT2D eigenvalue weighted by Gasteiger charge is 2.29. The second kappa shape index (κ2) is 8.58. The first-order chi connectivity index (χ1) is 15.2. The predicted molar refractivity (Wildman–Crippen MR) is 120 cm³/mol. The lowest BCUT2D eigenvalue weighted by Gasteiger charge is -2.15. The first-order valence-corrected chi connectivity index (χ1v) is 10.7. The van der Waals surface area contributed by atoms with E-state index in [1.807, 2.05) is 13.8 Å². The Kier molecular flexibility index (Phi) is 5.84. The molecule has 2 amide bonds. The van der Waals surface area contributed by atoms with Crippen LogP contribution in [0, 0.1) is 5.92 Å². The molecular formula is C22H22ClN5O4. The van der Waals surface area contributed by atoms with Crippen LogP contribution < -0.4 is 22.1 Å². The van der Waals surface area contributed by atoms with Crippen molar-refractivity contribution in [3.05, 3.63) is 73.0 Å². The summed E-state index contributed by atoms with van der Waals surface area (Å²) in [5.41, 5.74) is 4.59. The Labute approximate surface area is 187 Å². The van der Waals surface area contributed by atoms with Gasteiger partial charge in [0.25, 0.3) is 17.4 Å². The molecule has 1 saturated carbocycles. The molecule has 0 unspecified atom stereocenters. The van der Waals surface area contributed by atoms with Gasteiger partial charge in [-0.3, -0.25) is 34.8 Å². The number of hydrazine groups is 1. The number of pyridine rings is 1. The predicted octanol–water partition coefficient (Wildman–Crippen LogP) is 2.35. The van der Waals surface area contributed by atoms with Crippen molar-refractivity contribution in [2.45, 2.75) is 39.2 Å². The van der Waals surface area contributed by atoms with E-state index >= 15 is 0 Å². The third kappa shape index (κ3) is 4.43. The van der Waals surface area contributed by atoms with Gasteiger partial charge in [0.2, 0.25) is 0 Å². The highest BCUT2D eigenvalue weighted by molar-refractivity contribution is 6.30. The fraction of sp³-hybridized carbons (Fsp3) is 0.318. The molecule has 1 fully saturated rings. The molecule has 166 valence electrons. The van der Waals surface area contributed by atoms with E-state index in [4.69, 9.17) is 11.6 Å². The molecule has 0 spiro atoms. The summed E-state index contributed by atoms with van der Waals surface area (Å²) in [7, 11) is 0. The molecule has 0 atom stereocenters. The van der Waals surface area contributed by atoms with Crippen molar-refractivity contribution in [3.8, 4) is 0 Å². The van der Waals surface area contributed by atoms with E-state index in [-0.39, 0.29) is 28.4 Å². The first kappa shape index (κ1) is 21.8. The molecule has 2 heterocycles. The Morgan fingerprint density at radius 1 is 1.16 bits per heavy atom. The van der Waals surface area contributed by atoms with Gasteiger partial charge in [0, 0.05) is 28.7 Å². The largest absolute Gasteiger partial charge is 0.330 e. The second-order valence-electron chi connectivity index (χ2n) is 8.25. The number of aromatic nitrogens is 3. The van der Waals surface area contributed by atoms with E-state index in [9.17, 15) is 19.2 Å². The number of hydrogen-bond acceptors (Lipinski definition) is 5. The molecule has 0 radical (unpaired) electrons. The molecule has 1 aromatic carbocycles. The standard InChI is InChI=1S/C22H22ClN5O4/c1-11(2)10-28-18-17(21(31)25-22(28)32)15(9-16(24-18)12-3-4-12)20(30)27-26-19(29)13-5-7-14(23)8-6-13/h5-9,11-12H,3-4,10H2,1-2H3,(H,26,29)(H,27,30)(H,25,31,32). The smallest absolute Gasteiger partial charge is 0.277 e. The highest BCUT2D eigenvalue weighted by Crippen LogP contribution is 2.39. The van der Waals surface area contributed by atoms with E-state index in [0.29, 0.717) is 22.8 Å². The number of carbonyl (C=O) groups is 2. The number of nitrogens with one attached hydrogen (secondary N) is 3. The van der Waals surface area contributed by atoms with Crippen LogP contribution in [0.5, 0.6) is 0 Å². The second-order valence-corrected chi connectivity index (χ2v) is 8.68. The van der Waals surface area contributed by atoms with Crippen LogP contribution in [-0.4, -0.2) is 26.3 Å². The lowest BCUT2D eigenvalue weighted by Crippen LogP contribution is -2.42. The molecule has 10 heteroatoms. The Morgan fingerprint density at radius 2 is 1.81 bits per heavy atom. The molecule has 1 aliphatic rings. The number of aromatic amines is 1. The summed E-state index contributed by atoms with van der Waals surface area (Å²) in [4.78, 5) is 57.3. The Morgan fingerprint density at radius 3 is 2.44 bits per heavy atom. The SMILES string of the molecule is CC(C)Cn1c(=O)[nH]c(=O)c2c(C(=O)NNC(=O)c3ccc(Cl)cc3)cc(C3CC3)nc21. The monoisotopic (exact) mass is 455 g/mol. The molecule has 32 heavy (non-hydrogen) atoms. The maximum absolute atomic E-state index is 13.0. The van der Waals surface area contributed by atoms with Crippen LogP contribution in [0.2, 0.25) is 5.02 Å². The van der Waals surface area contributed by atoms with E-state index in [1.165, 1.54) is 16.7 Å². The van der Waals surface area contributed by atoms with Crippen molar-refractivity contribution in [3.63, 3.8) is 0 Å². The number of benzene rings is 1. The molecule has 1 aliphatic carbocycles. The van der Waals surface area contributed by atoms with Crippen LogP contribution >= 0.6 is 11.6 Å². The van der Waals surface area contributed by atoms with E-state index < -0.39 is 23.1 Å². The number of rotatable bonds is 5. The van der Waals surface area contributed by atoms with Gasteiger partial charge < -0.3 is 0 Å². The number of H-pyrrole nitrogens is 1. The van der Waals surface area contributed by atoms with Crippen molar-refractivity contribution in [2.24, 2.45) is 5.92 Å². The van der Waals surface area contributed by atoms with Crippen LogP contribution in [0.15, 0.2) is 39.9 Å². The number of nitrogens with zero attached hydrogens (tertiary/aromatic N) is 2. The number of hydrogen-bond donors (Lipinski definition) is 3. The molecule has 3 N–H and O–H groups in total. The fourth-order valence-corrected chi connectivity index (χ4v) is 3.58. The van der Waals surface area contributed by atoms with Crippen molar-refractivity contribution in [2.75, 3.05) is 0 Å². The topological polar surface area (TPSA) is 126 Å². The molecule has 0 saturated heterocycles. The van der Waals surface area contributed by atoms with E-state index in [1.54, 1.807) is 18.2 Å². The molecule has 0 aliphatic heterocycles. The van der Waals surface area contributed by atoms with Gasteiger partial charge in [0.15, 0.2) is 5.65 Å². The van der Waals surface area contributed by atoms with Crippen molar-refractivity contribution in [1.29, 1.82) is 0 Å². The van der Waals surface area contributed by atoms with Gasteiger partial charge >= 0.3 is 5.69 Å². The Bertz CT molecular complexity index is 1320. The minimum atomic E-state index is -0.700. The van der Waals surface area contributed by atoms with Gasteiger partial charge in [0.1, 0.15) is 0 Å². The summed E-state index contributed by atoms with van der Waals surface area (Å²) in [6.45, 7) is 4.21. The van der Waals surface area contributed by atoms with Crippen molar-refractivity contribution >= 4 is 34.4 Å². The molecule has 0 bridgehead atoms. The zero-order valence-corrected chi connectivity index (χ0v) is 18.3. The average Bonchev–Trinajstić information content (AvgIpc) is 3.59. The maximum atomic E-state index is 13.0. The van der Waals surface area contributed by atoms with Gasteiger partial charge in [-0.1, -0.05) is 25.4 Å². The summed E-state index contributed by atoms with van der Waals surface area (Å²) in [5, 5.41) is 0.487. The molecule has 2 aromatic heterocycles. The Hall–Kier alpha value is -3.46. The Balaban J connectivity index is 1.73. The summed E-state index contributed by atoms with van der Waals surface area (Å²) in [6, 6.07) is 7.72. The maximum Gasteiger partial charge on any atom is 0.330 e. The van der Waals surface area contributed by atoms with E-state index in [0.717, 1.165) is 12.8 Å². The fourth-order valence-electron chi connectivity index (χ4n) is 3.45. The van der Waals surface area contributed by atoms with Gasteiger partial charge in [-0.15, -0.1) is 0 Å². The third-order valence-electron chi connectivity index (χ3n) is 5.15. The highest BCUT2D eigenvalue weighted by atomic mass is 35.5. The van der Waals surface area contributed by atoms with Crippen molar-refractivity contribution < 1.29 is 9.59 Å². The minimum absolute atomic E-state index is 0.00731. The van der Waals surface area contributed by atoms with Crippen molar-refractivity contribution in [1.82, 2.24) is 25.4 Å². The lowest BCUT2D eigenvalue weighted by molar-refractivity contribution is 0.0847. The molecular weight excluding hydrogens is 434 g/mol.